The van der Waals surface area contributed by atoms with Gasteiger partial charge in [0.2, 0.25) is 5.91 Å². The molecule has 2 saturated heterocycles. The van der Waals surface area contributed by atoms with E-state index in [2.05, 4.69) is 30.1 Å². The summed E-state index contributed by atoms with van der Waals surface area (Å²) in [7, 11) is 0. The van der Waals surface area contributed by atoms with Crippen molar-refractivity contribution in [2.45, 2.75) is 57.2 Å². The number of nitrogens with zero attached hydrogens (tertiary/aromatic N) is 3. The van der Waals surface area contributed by atoms with E-state index in [1.807, 2.05) is 0 Å². The molecule has 2 fully saturated rings. The van der Waals surface area contributed by atoms with Gasteiger partial charge in [-0.25, -0.2) is 9.59 Å². The van der Waals surface area contributed by atoms with Gasteiger partial charge in [-0.15, -0.1) is 0 Å². The highest BCUT2D eigenvalue weighted by Gasteiger charge is 2.39. The number of hydrogen-bond acceptors (Lipinski definition) is 6. The molecule has 3 N–H and O–H groups in total. The van der Waals surface area contributed by atoms with E-state index in [0.29, 0.717) is 6.04 Å². The van der Waals surface area contributed by atoms with Gasteiger partial charge < -0.3 is 20.4 Å². The average Bonchev–Trinajstić information content (AvgIpc) is 3.15. The number of piperazine rings is 1. The van der Waals surface area contributed by atoms with Gasteiger partial charge >= 0.3 is 24.3 Å². The highest BCUT2D eigenvalue weighted by atomic mass is 19.4. The molecule has 0 aromatic rings. The van der Waals surface area contributed by atoms with Gasteiger partial charge in [0.1, 0.15) is 6.04 Å². The number of amides is 1. The largest absolute Gasteiger partial charge is 0.490 e. The van der Waals surface area contributed by atoms with Crippen LogP contribution in [0.4, 0.5) is 26.3 Å². The van der Waals surface area contributed by atoms with Crippen LogP contribution in [0.2, 0.25) is 0 Å². The van der Waals surface area contributed by atoms with Crippen molar-refractivity contribution in [2.75, 3.05) is 26.2 Å². The maximum absolute atomic E-state index is 12.4. The van der Waals surface area contributed by atoms with Crippen molar-refractivity contribution < 1.29 is 50.9 Å². The highest BCUT2D eigenvalue weighted by molar-refractivity contribution is 5.83. The minimum atomic E-state index is -5.08. The van der Waals surface area contributed by atoms with Crippen molar-refractivity contribution in [3.8, 4) is 6.07 Å². The number of carboxylic acid groups (broad SMARTS) is 2. The smallest absolute Gasteiger partial charge is 0.475 e. The van der Waals surface area contributed by atoms with Crippen LogP contribution in [-0.4, -0.2) is 94.5 Å². The third kappa shape index (κ3) is 10.1. The SMILES string of the molecule is CC(C)N1CCNC(C(=O)N2CCCC2C#N)C1.O=C(O)C(F)(F)F.O=C(O)C(F)(F)F. The topological polar surface area (TPSA) is 134 Å². The predicted molar refractivity (Wildman–Crippen MR) is 96.2 cm³/mol. The molecule has 1 amide bonds. The highest BCUT2D eigenvalue weighted by Crippen LogP contribution is 2.18. The maximum atomic E-state index is 12.4. The van der Waals surface area contributed by atoms with Crippen LogP contribution in [0.15, 0.2) is 0 Å². The van der Waals surface area contributed by atoms with Crippen molar-refractivity contribution in [3.05, 3.63) is 0 Å². The number of carbonyl (C=O) groups is 3. The van der Waals surface area contributed by atoms with Crippen LogP contribution >= 0.6 is 0 Å². The summed E-state index contributed by atoms with van der Waals surface area (Å²) in [6.07, 6.45) is -8.40. The second-order valence-electron chi connectivity index (χ2n) is 7.02. The maximum Gasteiger partial charge on any atom is 0.490 e. The predicted octanol–water partition coefficient (Wildman–Crippen LogP) is 1.45. The first-order chi connectivity index (χ1) is 14.5. The van der Waals surface area contributed by atoms with E-state index < -0.39 is 24.3 Å². The molecule has 0 aliphatic carbocycles. The van der Waals surface area contributed by atoms with Gasteiger partial charge in [0.25, 0.3) is 0 Å². The van der Waals surface area contributed by atoms with Crippen molar-refractivity contribution in [1.29, 1.82) is 5.26 Å². The fraction of sp³-hybridized carbons (Fsp3) is 0.765. The van der Waals surface area contributed by atoms with Gasteiger partial charge in [-0.1, -0.05) is 0 Å². The number of carbonyl (C=O) groups excluding carboxylic acids is 1. The summed E-state index contributed by atoms with van der Waals surface area (Å²) in [5, 5.41) is 26.6. The second kappa shape index (κ2) is 12.4. The lowest BCUT2D eigenvalue weighted by Gasteiger charge is -2.37. The van der Waals surface area contributed by atoms with Gasteiger partial charge in [0.05, 0.1) is 12.1 Å². The van der Waals surface area contributed by atoms with Crippen LogP contribution in [0.25, 0.3) is 0 Å². The third-order valence-corrected chi connectivity index (χ3v) is 4.41. The lowest BCUT2D eigenvalue weighted by Crippen LogP contribution is -2.59. The minimum Gasteiger partial charge on any atom is -0.475 e. The van der Waals surface area contributed by atoms with E-state index >= 15 is 0 Å². The fourth-order valence-corrected chi connectivity index (χ4v) is 2.77. The molecule has 0 aromatic carbocycles. The third-order valence-electron chi connectivity index (χ3n) is 4.41. The molecule has 2 aliphatic rings. The zero-order chi connectivity index (χ0) is 25.3. The zero-order valence-electron chi connectivity index (χ0n) is 17.2. The van der Waals surface area contributed by atoms with Crippen molar-refractivity contribution in [1.82, 2.24) is 15.1 Å². The lowest BCUT2D eigenvalue weighted by molar-refractivity contribution is -0.193. The number of hydrogen-bond donors (Lipinski definition) is 3. The Bertz CT molecular complexity index is 668. The number of carboxylic acids is 2. The van der Waals surface area contributed by atoms with Crippen LogP contribution in [-0.2, 0) is 14.4 Å². The molecule has 0 radical (unpaired) electrons. The van der Waals surface area contributed by atoms with E-state index in [1.54, 1.807) is 4.90 Å². The van der Waals surface area contributed by atoms with Gasteiger partial charge in [0.15, 0.2) is 0 Å². The summed E-state index contributed by atoms with van der Waals surface area (Å²) in [5.74, 6) is -5.41. The van der Waals surface area contributed by atoms with Crippen LogP contribution in [0.5, 0.6) is 0 Å². The summed E-state index contributed by atoms with van der Waals surface area (Å²) >= 11 is 0. The number of rotatable bonds is 2. The monoisotopic (exact) mass is 478 g/mol. The summed E-state index contributed by atoms with van der Waals surface area (Å²) in [6.45, 7) is 7.63. The molecule has 0 spiro atoms. The molecule has 2 unspecified atom stereocenters. The number of alkyl halides is 6. The Morgan fingerprint density at radius 3 is 1.88 bits per heavy atom. The Labute approximate surface area is 179 Å². The molecule has 2 atom stereocenters. The minimum absolute atomic E-state index is 0.101. The summed E-state index contributed by atoms with van der Waals surface area (Å²) in [4.78, 5) is 34.3. The number of halogens is 6. The van der Waals surface area contributed by atoms with Gasteiger partial charge in [0, 0.05) is 32.2 Å². The molecule has 0 saturated carbocycles. The first-order valence-corrected chi connectivity index (χ1v) is 9.30. The summed E-state index contributed by atoms with van der Waals surface area (Å²) < 4.78 is 63.5. The van der Waals surface area contributed by atoms with Gasteiger partial charge in [-0.05, 0) is 26.7 Å². The molecule has 32 heavy (non-hydrogen) atoms. The van der Waals surface area contributed by atoms with Crippen LogP contribution in [0, 0.1) is 11.3 Å². The number of nitriles is 1. The van der Waals surface area contributed by atoms with Gasteiger partial charge in [-0.2, -0.15) is 31.6 Å². The Balaban J connectivity index is 0.000000570. The van der Waals surface area contributed by atoms with Crippen LogP contribution in [0.1, 0.15) is 26.7 Å². The normalized spacial score (nSPS) is 21.6. The standard InChI is InChI=1S/C13H22N4O.2C2HF3O2/c1-10(2)16-7-5-15-12(9-16)13(18)17-6-3-4-11(17)8-14;2*3-2(4,5)1(6)7/h10-12,15H,3-7,9H2,1-2H3;2*(H,6,7). The lowest BCUT2D eigenvalue weighted by atomic mass is 10.1. The molecule has 0 aromatic heterocycles. The molecular formula is C17H24F6N4O5. The van der Waals surface area contributed by atoms with E-state index in [1.165, 1.54) is 0 Å². The van der Waals surface area contributed by atoms with E-state index in [9.17, 15) is 31.1 Å². The van der Waals surface area contributed by atoms with Crippen LogP contribution in [0.3, 0.4) is 0 Å². The van der Waals surface area contributed by atoms with Gasteiger partial charge in [-0.3, -0.25) is 9.69 Å². The first kappa shape index (κ1) is 29.4. The zero-order valence-corrected chi connectivity index (χ0v) is 17.2. The molecule has 184 valence electrons. The molecule has 2 aliphatic heterocycles. The quantitative estimate of drug-likeness (QED) is 0.508. The molecule has 15 heteroatoms. The summed E-state index contributed by atoms with van der Waals surface area (Å²) in [5.41, 5.74) is 0. The Hall–Kier alpha value is -2.60. The summed E-state index contributed by atoms with van der Waals surface area (Å²) in [6, 6.07) is 2.34. The van der Waals surface area contributed by atoms with Crippen molar-refractivity contribution in [2.24, 2.45) is 0 Å². The van der Waals surface area contributed by atoms with E-state index in [4.69, 9.17) is 25.1 Å². The molecule has 2 rings (SSSR count). The molecular weight excluding hydrogens is 454 g/mol. The Kier molecular flexibility index (Phi) is 11.4. The number of likely N-dealkylation sites (tertiary alicyclic amines) is 1. The van der Waals surface area contributed by atoms with Crippen molar-refractivity contribution >= 4 is 17.8 Å². The second-order valence-corrected chi connectivity index (χ2v) is 7.02. The van der Waals surface area contributed by atoms with Crippen LogP contribution < -0.4 is 5.32 Å². The number of aliphatic carboxylic acids is 2. The van der Waals surface area contributed by atoms with E-state index in [0.717, 1.165) is 39.0 Å². The molecule has 2 heterocycles. The molecule has 0 bridgehead atoms. The first-order valence-electron chi connectivity index (χ1n) is 9.30. The average molecular weight is 478 g/mol. The van der Waals surface area contributed by atoms with E-state index in [-0.39, 0.29) is 18.0 Å². The Morgan fingerprint density at radius 1 is 1.03 bits per heavy atom. The molecule has 9 nitrogen and oxygen atoms in total. The Morgan fingerprint density at radius 2 is 1.50 bits per heavy atom. The number of nitrogens with one attached hydrogen (secondary N) is 1. The van der Waals surface area contributed by atoms with Crippen molar-refractivity contribution in [3.63, 3.8) is 0 Å². The fourth-order valence-electron chi connectivity index (χ4n) is 2.77.